The Morgan fingerprint density at radius 2 is 1.94 bits per heavy atom. The maximum absolute atomic E-state index is 14.8. The molecule has 1 unspecified atom stereocenters. The van der Waals surface area contributed by atoms with E-state index < -0.39 is 17.7 Å². The van der Waals surface area contributed by atoms with Crippen LogP contribution in [0.5, 0.6) is 11.5 Å². The molecule has 2 N–H and O–H groups in total. The number of benzene rings is 3. The van der Waals surface area contributed by atoms with Gasteiger partial charge >= 0.3 is 5.97 Å². The maximum Gasteiger partial charge on any atom is 0.379 e. The maximum atomic E-state index is 14.8. The van der Waals surface area contributed by atoms with E-state index in [1.807, 2.05) is 32.0 Å². The molecule has 5 rings (SSSR count). The Kier molecular flexibility index (Phi) is 5.70. The molecule has 4 aromatic rings. The molecule has 1 atom stereocenters. The van der Waals surface area contributed by atoms with Crippen molar-refractivity contribution >= 4 is 28.5 Å². The zero-order chi connectivity index (χ0) is 25.7. The van der Waals surface area contributed by atoms with E-state index in [9.17, 15) is 14.4 Å². The standard InChI is InChI=1S/C28H20ClFN2O4/c1-13-9-14(2)23-15(3)26(35-22(23)10-13)28(33)34-16-7-8-17-21(11-16)36-27(32)18(12-31)24(17)25-19(29)5-4-6-20(25)30/h4-11,24H,32H2,1-3H3. The van der Waals surface area contributed by atoms with Crippen molar-refractivity contribution in [3.8, 4) is 17.6 Å². The number of fused-ring (bicyclic) bond motifs is 2. The highest BCUT2D eigenvalue weighted by atomic mass is 35.5. The third-order valence-corrected chi connectivity index (χ3v) is 6.58. The highest BCUT2D eigenvalue weighted by molar-refractivity contribution is 6.31. The van der Waals surface area contributed by atoms with Gasteiger partial charge in [0.2, 0.25) is 11.6 Å². The molecule has 1 aliphatic heterocycles. The van der Waals surface area contributed by atoms with Crippen molar-refractivity contribution in [3.05, 3.63) is 104 Å². The molecule has 0 bridgehead atoms. The van der Waals surface area contributed by atoms with Gasteiger partial charge in [-0.15, -0.1) is 0 Å². The smallest absolute Gasteiger partial charge is 0.379 e. The average molecular weight is 503 g/mol. The molecule has 1 aromatic heterocycles. The number of aryl methyl sites for hydroxylation is 3. The summed E-state index contributed by atoms with van der Waals surface area (Å²) in [7, 11) is 0. The number of carbonyl (C=O) groups excluding carboxylic acids is 1. The number of furan rings is 1. The van der Waals surface area contributed by atoms with Gasteiger partial charge in [-0.2, -0.15) is 5.26 Å². The molecule has 1 aliphatic rings. The van der Waals surface area contributed by atoms with Crippen molar-refractivity contribution in [1.29, 1.82) is 5.26 Å². The van der Waals surface area contributed by atoms with Crippen LogP contribution in [0, 0.1) is 37.9 Å². The van der Waals surface area contributed by atoms with Gasteiger partial charge in [0.25, 0.3) is 0 Å². The number of allylic oxidation sites excluding steroid dienone is 1. The van der Waals surface area contributed by atoms with Gasteiger partial charge in [0.05, 0.1) is 5.92 Å². The zero-order valence-electron chi connectivity index (χ0n) is 19.6. The van der Waals surface area contributed by atoms with Crippen LogP contribution in [0.3, 0.4) is 0 Å². The lowest BCUT2D eigenvalue weighted by atomic mass is 9.83. The minimum atomic E-state index is -0.888. The van der Waals surface area contributed by atoms with Crippen molar-refractivity contribution in [2.45, 2.75) is 26.7 Å². The van der Waals surface area contributed by atoms with Crippen LogP contribution in [0.4, 0.5) is 4.39 Å². The Balaban J connectivity index is 1.53. The molecular formula is C28H20ClFN2O4. The number of hydrogen-bond donors (Lipinski definition) is 1. The monoisotopic (exact) mass is 502 g/mol. The van der Waals surface area contributed by atoms with Crippen LogP contribution in [0.25, 0.3) is 11.0 Å². The zero-order valence-corrected chi connectivity index (χ0v) is 20.4. The molecule has 3 aromatic carbocycles. The van der Waals surface area contributed by atoms with E-state index in [2.05, 4.69) is 0 Å². The normalized spacial score (nSPS) is 14.8. The van der Waals surface area contributed by atoms with E-state index in [1.54, 1.807) is 13.0 Å². The van der Waals surface area contributed by atoms with Crippen LogP contribution in [0.1, 0.15) is 44.3 Å². The number of rotatable bonds is 3. The van der Waals surface area contributed by atoms with Crippen molar-refractivity contribution in [1.82, 2.24) is 0 Å². The van der Waals surface area contributed by atoms with E-state index in [1.165, 1.54) is 30.3 Å². The van der Waals surface area contributed by atoms with Gasteiger partial charge in [0, 0.05) is 33.2 Å². The number of halogens is 2. The Morgan fingerprint density at radius 3 is 2.67 bits per heavy atom. The van der Waals surface area contributed by atoms with Gasteiger partial charge < -0.3 is 19.6 Å². The summed E-state index contributed by atoms with van der Waals surface area (Å²) in [6.07, 6.45) is 0. The second kappa shape index (κ2) is 8.74. The Hall–Kier alpha value is -4.28. The summed E-state index contributed by atoms with van der Waals surface area (Å²) < 4.78 is 31.9. The molecule has 180 valence electrons. The molecule has 0 aliphatic carbocycles. The van der Waals surface area contributed by atoms with Crippen LogP contribution in [0.15, 0.2) is 64.4 Å². The number of hydrogen-bond acceptors (Lipinski definition) is 6. The number of nitriles is 1. The predicted octanol–water partition coefficient (Wildman–Crippen LogP) is 6.59. The van der Waals surface area contributed by atoms with Crippen molar-refractivity contribution < 1.29 is 23.1 Å². The predicted molar refractivity (Wildman–Crippen MR) is 133 cm³/mol. The van der Waals surface area contributed by atoms with E-state index >= 15 is 0 Å². The first-order valence-corrected chi connectivity index (χ1v) is 11.4. The van der Waals surface area contributed by atoms with Crippen LogP contribution in [-0.4, -0.2) is 5.97 Å². The van der Waals surface area contributed by atoms with Crippen LogP contribution < -0.4 is 15.2 Å². The molecule has 0 amide bonds. The first-order chi connectivity index (χ1) is 17.2. The quantitative estimate of drug-likeness (QED) is 0.251. The molecule has 0 saturated heterocycles. The largest absolute Gasteiger partial charge is 0.449 e. The van der Waals surface area contributed by atoms with E-state index in [0.29, 0.717) is 16.7 Å². The lowest BCUT2D eigenvalue weighted by Gasteiger charge is -2.27. The first kappa shape index (κ1) is 23.5. The SMILES string of the molecule is Cc1cc(C)c2c(C)c(C(=O)Oc3ccc4c(c3)OC(N)=C(C#N)C4c3c(F)cccc3Cl)oc2c1. The third-order valence-electron chi connectivity index (χ3n) is 6.25. The van der Waals surface area contributed by atoms with Gasteiger partial charge in [0.15, 0.2) is 0 Å². The molecule has 6 nitrogen and oxygen atoms in total. The Labute approximate surface area is 211 Å². The lowest BCUT2D eigenvalue weighted by molar-refractivity contribution is 0.0702. The summed E-state index contributed by atoms with van der Waals surface area (Å²) in [4.78, 5) is 13.0. The summed E-state index contributed by atoms with van der Waals surface area (Å²) in [5.74, 6) is -1.85. The second-order valence-electron chi connectivity index (χ2n) is 8.66. The number of nitrogens with two attached hydrogens (primary N) is 1. The second-order valence-corrected chi connectivity index (χ2v) is 9.07. The minimum absolute atomic E-state index is 0.0304. The molecule has 36 heavy (non-hydrogen) atoms. The van der Waals surface area contributed by atoms with Gasteiger partial charge in [-0.25, -0.2) is 9.18 Å². The lowest BCUT2D eigenvalue weighted by Crippen LogP contribution is -2.22. The number of carbonyl (C=O) groups is 1. The van der Waals surface area contributed by atoms with Crippen molar-refractivity contribution in [2.75, 3.05) is 0 Å². The fourth-order valence-corrected chi connectivity index (χ4v) is 4.99. The molecule has 2 heterocycles. The summed E-state index contributed by atoms with van der Waals surface area (Å²) in [6.45, 7) is 5.72. The van der Waals surface area contributed by atoms with E-state index in [-0.39, 0.29) is 39.3 Å². The molecule has 0 fully saturated rings. The number of ether oxygens (including phenoxy) is 2. The fourth-order valence-electron chi connectivity index (χ4n) is 4.72. The summed E-state index contributed by atoms with van der Waals surface area (Å²) >= 11 is 6.30. The first-order valence-electron chi connectivity index (χ1n) is 11.1. The summed E-state index contributed by atoms with van der Waals surface area (Å²) in [6, 6.07) is 14.8. The summed E-state index contributed by atoms with van der Waals surface area (Å²) in [5.41, 5.74) is 9.92. The van der Waals surface area contributed by atoms with Gasteiger partial charge in [-0.05, 0) is 56.2 Å². The van der Waals surface area contributed by atoms with E-state index in [0.717, 1.165) is 16.5 Å². The summed E-state index contributed by atoms with van der Waals surface area (Å²) in [5, 5.41) is 10.7. The van der Waals surface area contributed by atoms with Crippen LogP contribution in [0.2, 0.25) is 5.02 Å². The minimum Gasteiger partial charge on any atom is -0.449 e. The molecule has 0 spiro atoms. The third kappa shape index (κ3) is 3.76. The van der Waals surface area contributed by atoms with Crippen LogP contribution in [-0.2, 0) is 0 Å². The molecule has 0 saturated carbocycles. The van der Waals surface area contributed by atoms with Crippen molar-refractivity contribution in [2.24, 2.45) is 5.73 Å². The molecule has 0 radical (unpaired) electrons. The van der Waals surface area contributed by atoms with Crippen molar-refractivity contribution in [3.63, 3.8) is 0 Å². The van der Waals surface area contributed by atoms with E-state index in [4.69, 9.17) is 31.2 Å². The van der Waals surface area contributed by atoms with Gasteiger partial charge in [-0.1, -0.05) is 29.8 Å². The Bertz CT molecular complexity index is 1630. The average Bonchev–Trinajstić information content (AvgIpc) is 3.15. The number of esters is 1. The highest BCUT2D eigenvalue weighted by Gasteiger charge is 2.34. The fraction of sp³-hybridized carbons (Fsp3) is 0.143. The van der Waals surface area contributed by atoms with Gasteiger partial charge in [0.1, 0.15) is 34.5 Å². The number of nitrogens with zero attached hydrogens (tertiary/aromatic N) is 1. The Morgan fingerprint density at radius 1 is 1.17 bits per heavy atom. The highest BCUT2D eigenvalue weighted by Crippen LogP contribution is 2.46. The van der Waals surface area contributed by atoms with Gasteiger partial charge in [-0.3, -0.25) is 0 Å². The molecule has 8 heteroatoms. The van der Waals surface area contributed by atoms with Crippen LogP contribution >= 0.6 is 11.6 Å². The molecular weight excluding hydrogens is 483 g/mol. The topological polar surface area (TPSA) is 98.5 Å².